The minimum atomic E-state index is -0.614. The predicted molar refractivity (Wildman–Crippen MR) is 138 cm³/mol. The molecule has 0 N–H and O–H groups in total. The van der Waals surface area contributed by atoms with E-state index in [9.17, 15) is 14.9 Å². The summed E-state index contributed by atoms with van der Waals surface area (Å²) in [5.74, 6) is 0.0105. The van der Waals surface area contributed by atoms with Crippen LogP contribution in [-0.4, -0.2) is 36.7 Å². The van der Waals surface area contributed by atoms with Gasteiger partial charge in [-0.25, -0.2) is 0 Å². The highest BCUT2D eigenvalue weighted by atomic mass is 16.5. The second-order valence-corrected chi connectivity index (χ2v) is 9.70. The van der Waals surface area contributed by atoms with E-state index < -0.39 is 5.41 Å². The third kappa shape index (κ3) is 5.21. The fraction of sp³-hybridized carbons (Fsp3) is 0.345. The van der Waals surface area contributed by atoms with Crippen LogP contribution >= 0.6 is 0 Å². The summed E-state index contributed by atoms with van der Waals surface area (Å²) >= 11 is 0. The van der Waals surface area contributed by atoms with Crippen LogP contribution in [0.4, 0.5) is 5.69 Å². The molecule has 1 aliphatic heterocycles. The van der Waals surface area contributed by atoms with Crippen molar-refractivity contribution in [1.82, 2.24) is 4.57 Å². The van der Waals surface area contributed by atoms with Crippen molar-refractivity contribution in [2.45, 2.75) is 32.6 Å². The Morgan fingerprint density at radius 2 is 1.86 bits per heavy atom. The monoisotopic (exact) mass is 469 g/mol. The number of pyridine rings is 1. The smallest absolute Gasteiger partial charge is 0.273 e. The van der Waals surface area contributed by atoms with Crippen LogP contribution in [0.3, 0.4) is 0 Å². The fourth-order valence-electron chi connectivity index (χ4n) is 4.40. The largest absolute Gasteiger partial charge is 0.378 e. The van der Waals surface area contributed by atoms with Crippen molar-refractivity contribution in [3.63, 3.8) is 0 Å². The van der Waals surface area contributed by atoms with Crippen LogP contribution in [0.15, 0.2) is 59.5 Å². The number of Topliss-reactive ketones (excluding diaryl/α,β-unsaturated/α-hetero) is 1. The van der Waals surface area contributed by atoms with Gasteiger partial charge in [0.2, 0.25) is 0 Å². The van der Waals surface area contributed by atoms with Crippen molar-refractivity contribution in [3.8, 4) is 17.2 Å². The van der Waals surface area contributed by atoms with Crippen LogP contribution in [0.2, 0.25) is 0 Å². The van der Waals surface area contributed by atoms with Gasteiger partial charge in [0.1, 0.15) is 5.69 Å². The lowest BCUT2D eigenvalue weighted by molar-refractivity contribution is 0.0993. The number of carbonyl (C=O) groups is 1. The first-order valence-corrected chi connectivity index (χ1v) is 11.9. The van der Waals surface area contributed by atoms with Crippen molar-refractivity contribution in [2.24, 2.45) is 7.05 Å². The van der Waals surface area contributed by atoms with Gasteiger partial charge < -0.3 is 14.2 Å². The van der Waals surface area contributed by atoms with E-state index in [-0.39, 0.29) is 17.8 Å². The van der Waals surface area contributed by atoms with E-state index in [2.05, 4.69) is 11.0 Å². The van der Waals surface area contributed by atoms with Gasteiger partial charge in [-0.3, -0.25) is 9.59 Å². The van der Waals surface area contributed by atoms with E-state index in [0.29, 0.717) is 37.6 Å². The Hall–Kier alpha value is -3.69. The maximum absolute atomic E-state index is 13.2. The lowest BCUT2D eigenvalue weighted by Crippen LogP contribution is -2.40. The summed E-state index contributed by atoms with van der Waals surface area (Å²) in [5, 5.41) is 9.45. The molecule has 3 aromatic rings. The van der Waals surface area contributed by atoms with E-state index in [1.165, 1.54) is 0 Å². The maximum Gasteiger partial charge on any atom is 0.273 e. The van der Waals surface area contributed by atoms with Crippen molar-refractivity contribution < 1.29 is 9.53 Å². The number of ether oxygens (including phenoxy) is 1. The molecule has 4 rings (SSSR count). The van der Waals surface area contributed by atoms with Gasteiger partial charge in [0, 0.05) is 43.9 Å². The summed E-state index contributed by atoms with van der Waals surface area (Å²) in [7, 11) is 1.76. The molecule has 0 unspecified atom stereocenters. The summed E-state index contributed by atoms with van der Waals surface area (Å²) in [6.07, 6.45) is 2.08. The number of carbonyl (C=O) groups excluding carboxylic acids is 1. The first-order valence-electron chi connectivity index (χ1n) is 11.9. The Kier molecular flexibility index (Phi) is 6.90. The lowest BCUT2D eigenvalue weighted by Gasteiger charge is -2.29. The van der Waals surface area contributed by atoms with Crippen molar-refractivity contribution in [1.29, 1.82) is 5.26 Å². The average Bonchev–Trinajstić information content (AvgIpc) is 2.86. The minimum absolute atomic E-state index is 0.0105. The van der Waals surface area contributed by atoms with Gasteiger partial charge in [-0.1, -0.05) is 36.4 Å². The Morgan fingerprint density at radius 3 is 2.57 bits per heavy atom. The second-order valence-electron chi connectivity index (χ2n) is 9.70. The number of hydrogen-bond acceptors (Lipinski definition) is 5. The molecule has 0 amide bonds. The highest BCUT2D eigenvalue weighted by Gasteiger charge is 2.21. The molecule has 0 spiro atoms. The summed E-state index contributed by atoms with van der Waals surface area (Å²) in [6.45, 7) is 8.32. The zero-order chi connectivity index (χ0) is 25.2. The molecule has 35 heavy (non-hydrogen) atoms. The first kappa shape index (κ1) is 24.4. The van der Waals surface area contributed by atoms with Crippen LogP contribution < -0.4 is 10.5 Å². The number of aryl methyl sites for hydroxylation is 2. The van der Waals surface area contributed by atoms with Gasteiger partial charge in [0.05, 0.1) is 24.7 Å². The van der Waals surface area contributed by atoms with Crippen LogP contribution in [0.1, 0.15) is 40.9 Å². The molecule has 1 fully saturated rings. The zero-order valence-electron chi connectivity index (χ0n) is 20.8. The van der Waals surface area contributed by atoms with Gasteiger partial charge in [-0.2, -0.15) is 5.26 Å². The number of hydrogen-bond donors (Lipinski definition) is 0. The van der Waals surface area contributed by atoms with Crippen LogP contribution in [-0.2, 0) is 23.6 Å². The van der Waals surface area contributed by atoms with E-state index in [0.717, 1.165) is 27.8 Å². The van der Waals surface area contributed by atoms with Crippen LogP contribution in [0.5, 0.6) is 0 Å². The highest BCUT2D eigenvalue weighted by molar-refractivity contribution is 5.99. The quantitative estimate of drug-likeness (QED) is 0.500. The van der Waals surface area contributed by atoms with E-state index in [1.54, 1.807) is 11.6 Å². The van der Waals surface area contributed by atoms with Crippen LogP contribution in [0.25, 0.3) is 11.1 Å². The molecule has 1 aromatic heterocycles. The normalized spacial score (nSPS) is 14.0. The number of nitrogens with zero attached hydrogens (tertiary/aromatic N) is 3. The van der Waals surface area contributed by atoms with E-state index >= 15 is 0 Å². The Labute approximate surface area is 206 Å². The Morgan fingerprint density at radius 1 is 1.11 bits per heavy atom. The second kappa shape index (κ2) is 9.89. The molecule has 0 saturated carbocycles. The highest BCUT2D eigenvalue weighted by Crippen LogP contribution is 2.28. The predicted octanol–water partition coefficient (Wildman–Crippen LogP) is 4.42. The first-order chi connectivity index (χ1) is 16.7. The summed E-state index contributed by atoms with van der Waals surface area (Å²) in [6, 6.07) is 17.7. The molecule has 1 aliphatic rings. The van der Waals surface area contributed by atoms with E-state index in [4.69, 9.17) is 4.74 Å². The van der Waals surface area contributed by atoms with Gasteiger partial charge in [-0.05, 0) is 55.2 Å². The molecule has 0 radical (unpaired) electrons. The summed E-state index contributed by atoms with van der Waals surface area (Å²) in [5.41, 5.74) is 5.27. The summed E-state index contributed by atoms with van der Waals surface area (Å²) < 4.78 is 7.05. The number of morpholine rings is 1. The van der Waals surface area contributed by atoms with Crippen molar-refractivity contribution in [2.75, 3.05) is 31.2 Å². The summed E-state index contributed by atoms with van der Waals surface area (Å²) in [4.78, 5) is 28.1. The Balaban J connectivity index is 1.66. The van der Waals surface area contributed by atoms with Crippen molar-refractivity contribution >= 4 is 11.5 Å². The third-order valence-electron chi connectivity index (χ3n) is 6.68. The SMILES string of the molecule is Cc1ccc(C(=O)Cc2cccc(C(C)(C)C#N)c2)cc1-c1cc(N2CCOCC2)c(=O)n(C)c1. The third-order valence-corrected chi connectivity index (χ3v) is 6.68. The number of benzene rings is 2. The molecule has 6 nitrogen and oxygen atoms in total. The van der Waals surface area contributed by atoms with Gasteiger partial charge >= 0.3 is 0 Å². The van der Waals surface area contributed by atoms with E-state index in [1.807, 2.05) is 75.5 Å². The number of rotatable bonds is 6. The van der Waals surface area contributed by atoms with Crippen molar-refractivity contribution in [3.05, 3.63) is 87.3 Å². The number of anilines is 1. The minimum Gasteiger partial charge on any atom is -0.378 e. The number of aromatic nitrogens is 1. The standard InChI is InChI=1S/C29H31N3O3/c1-20-8-9-22(27(33)15-21-6-5-7-24(14-21)29(2,3)19-30)16-25(20)23-17-26(28(34)31(4)18-23)32-10-12-35-13-11-32/h5-9,14,16-18H,10-13,15H2,1-4H3. The molecule has 0 aliphatic carbocycles. The lowest BCUT2D eigenvalue weighted by atomic mass is 9.85. The molecule has 2 aromatic carbocycles. The topological polar surface area (TPSA) is 75.3 Å². The average molecular weight is 470 g/mol. The van der Waals surface area contributed by atoms with Gasteiger partial charge in [0.25, 0.3) is 5.56 Å². The number of nitriles is 1. The molecular weight excluding hydrogens is 438 g/mol. The Bertz CT molecular complexity index is 1360. The van der Waals surface area contributed by atoms with Gasteiger partial charge in [-0.15, -0.1) is 0 Å². The molecular formula is C29H31N3O3. The molecule has 0 bridgehead atoms. The molecule has 2 heterocycles. The molecule has 180 valence electrons. The fourth-order valence-corrected chi connectivity index (χ4v) is 4.40. The molecule has 0 atom stereocenters. The zero-order valence-corrected chi connectivity index (χ0v) is 20.8. The van der Waals surface area contributed by atoms with Crippen LogP contribution in [0, 0.1) is 18.3 Å². The molecule has 6 heteroatoms. The molecule has 1 saturated heterocycles. The number of ketones is 1. The van der Waals surface area contributed by atoms with Gasteiger partial charge in [0.15, 0.2) is 5.78 Å². The maximum atomic E-state index is 13.2.